The molecule has 0 saturated carbocycles. The monoisotopic (exact) mass is 2370 g/mol. The maximum Gasteiger partial charge on any atom is 0.177 e. The number of para-hydroxylation sites is 6. The first-order chi connectivity index (χ1) is 68.1. The number of ether oxygens (including phenoxy) is 3. The minimum absolute atomic E-state index is 0. The van der Waals surface area contributed by atoms with Crippen molar-refractivity contribution in [1.29, 1.82) is 0 Å². The molecule has 27 aromatic rings. The van der Waals surface area contributed by atoms with E-state index in [9.17, 15) is 0 Å². The Balaban J connectivity index is 0.000000110. The van der Waals surface area contributed by atoms with Crippen molar-refractivity contribution in [1.82, 2.24) is 43.4 Å². The Bertz CT molecular complexity index is 9670. The van der Waals surface area contributed by atoms with Crippen LogP contribution in [0.5, 0.6) is 34.5 Å². The fraction of sp³-hybridized carbons (Fsp3) is 0.0256. The Morgan fingerprint density at radius 2 is 0.553 bits per heavy atom. The molecule has 0 unspecified atom stereocenters. The van der Waals surface area contributed by atoms with Gasteiger partial charge in [0.15, 0.2) is 11.2 Å². The van der Waals surface area contributed by atoms with Crippen molar-refractivity contribution in [2.75, 3.05) is 35.8 Å². The first kappa shape index (κ1) is 86.0. The van der Waals surface area contributed by atoms with E-state index in [0.29, 0.717) is 62.4 Å². The molecule has 30 rings (SSSR count). The van der Waals surface area contributed by atoms with Crippen molar-refractivity contribution in [3.05, 3.63) is 403 Å². The van der Waals surface area contributed by atoms with E-state index in [1.54, 1.807) is 18.6 Å². The number of benzene rings is 15. The van der Waals surface area contributed by atoms with Gasteiger partial charge in [0.25, 0.3) is 0 Å². The Morgan fingerprint density at radius 1 is 0.241 bits per heavy atom. The molecule has 12 aromatic heterocycles. The number of hydrogen-bond donors (Lipinski definition) is 0. The van der Waals surface area contributed by atoms with Crippen LogP contribution in [0.2, 0.25) is 0 Å². The van der Waals surface area contributed by atoms with Crippen molar-refractivity contribution < 1.29 is 104 Å². The van der Waals surface area contributed by atoms with Crippen molar-refractivity contribution >= 4 is 214 Å². The number of fused-ring (bicyclic) bond motifs is 30. The van der Waals surface area contributed by atoms with Gasteiger partial charge in [-0.15, -0.1) is 106 Å². The molecule has 0 saturated heterocycles. The molecule has 3 aliphatic rings. The molecule has 3 aliphatic heterocycles. The van der Waals surface area contributed by atoms with Crippen LogP contribution in [0.25, 0.3) is 215 Å². The normalized spacial score (nSPS) is 13.2. The molecule has 21 nitrogen and oxygen atoms in total. The van der Waals surface area contributed by atoms with E-state index >= 15 is 0 Å². The number of hydrogen-bond acceptors (Lipinski definition) is 18. The van der Waals surface area contributed by atoms with E-state index in [2.05, 4.69) is 186 Å². The number of pyridine rings is 3. The Hall–Kier alpha value is -16.6. The molecule has 15 aromatic carbocycles. The van der Waals surface area contributed by atoms with Gasteiger partial charge in [0.05, 0.1) is 39.4 Å². The van der Waals surface area contributed by atoms with Crippen LogP contribution < -0.4 is 28.9 Å². The van der Waals surface area contributed by atoms with Crippen LogP contribution >= 0.6 is 0 Å². The zero-order valence-electron chi connectivity index (χ0n) is 74.6. The zero-order chi connectivity index (χ0) is 91.1. The summed E-state index contributed by atoms with van der Waals surface area (Å²) in [6.45, 7) is 5.98. The Morgan fingerprint density at radius 3 is 0.979 bits per heavy atom. The topological polar surface area (TPSA) is 179 Å². The number of furan rings is 6. The second kappa shape index (κ2) is 34.2. The van der Waals surface area contributed by atoms with E-state index in [-0.39, 0.29) is 63.2 Å². The molecule has 0 amide bonds. The Kier molecular flexibility index (Phi) is 20.9. The second-order valence-electron chi connectivity index (χ2n) is 34.4. The molecule has 0 atom stereocenters. The van der Waals surface area contributed by atoms with Gasteiger partial charge in [0.1, 0.15) is 56.5 Å². The van der Waals surface area contributed by atoms with Crippen LogP contribution in [0.15, 0.2) is 373 Å². The maximum absolute atomic E-state index is 6.70. The molecular formula is C117H69N12O9Pt3-9. The third-order valence-electron chi connectivity index (χ3n) is 26.0. The average Bonchev–Trinajstić information content (AvgIpc) is 1.60. The average molecular weight is 2370 g/mol. The summed E-state index contributed by atoms with van der Waals surface area (Å²) in [7, 11) is 5.97. The summed E-state index contributed by atoms with van der Waals surface area (Å²) in [5.41, 5.74) is 17.0. The number of aromatic nitrogens is 6. The molecule has 0 radical (unpaired) electrons. The van der Waals surface area contributed by atoms with Crippen LogP contribution in [0.1, 0.15) is 0 Å². The van der Waals surface area contributed by atoms with Gasteiger partial charge in [-0.25, -0.2) is 15.0 Å². The van der Waals surface area contributed by atoms with Gasteiger partial charge in [-0.3, -0.25) is 0 Å². The minimum atomic E-state index is 0. The van der Waals surface area contributed by atoms with Crippen LogP contribution in [0, 0.1) is 56.4 Å². The zero-order valence-corrected chi connectivity index (χ0v) is 81.4. The SMILES string of the molecule is CN1C=CN(c2[c-]c(Oc3[c-]c4c(cc3)c3ccccc3n4-c3ccccn3)c3oc4c(ccc5c6ccccc6oc54)c3c2)[CH-]1.CN1C=CN(c2[c-]c(Oc3[c-]c4c(cc3)c3ccccc3n4-c3ccccn3)c3oc4c(ccc5oc6ccccc6c54)c3c2)[CH-]1.CN1C=CN(c2[c-]c(Oc3[c-]c4c(cc3)c3ccccc3n4-c3ccccn3)c3oc4ccc5oc6ccccc6c5c4c3c2)[CH-]1.[Pt].[Pt].[Pt]. The molecule has 15 heterocycles. The summed E-state index contributed by atoms with van der Waals surface area (Å²) in [6.07, 6.45) is 17.4. The van der Waals surface area contributed by atoms with Crippen molar-refractivity contribution in [2.24, 2.45) is 0 Å². The summed E-state index contributed by atoms with van der Waals surface area (Å²) in [5, 5.41) is 18.2. The number of anilines is 3. The number of rotatable bonds is 12. The van der Waals surface area contributed by atoms with E-state index in [0.717, 1.165) is 204 Å². The molecule has 24 heteroatoms. The van der Waals surface area contributed by atoms with Crippen molar-refractivity contribution in [2.45, 2.75) is 0 Å². The third-order valence-corrected chi connectivity index (χ3v) is 26.0. The largest absolute Gasteiger partial charge is 0.512 e. The van der Waals surface area contributed by atoms with Gasteiger partial charge in [0.2, 0.25) is 0 Å². The summed E-state index contributed by atoms with van der Waals surface area (Å²) >= 11 is 0. The molecule has 0 bridgehead atoms. The van der Waals surface area contributed by atoms with Crippen molar-refractivity contribution in [3.8, 4) is 52.0 Å². The van der Waals surface area contributed by atoms with Gasteiger partial charge >= 0.3 is 0 Å². The van der Waals surface area contributed by atoms with E-state index in [4.69, 9.17) is 40.7 Å². The van der Waals surface area contributed by atoms with Gasteiger partial charge in [-0.05, 0) is 178 Å². The minimum Gasteiger partial charge on any atom is -0.512 e. The predicted octanol–water partition coefficient (Wildman–Crippen LogP) is 29.1. The van der Waals surface area contributed by atoms with Gasteiger partial charge in [-0.2, -0.15) is 38.2 Å². The molecule has 0 aliphatic carbocycles. The maximum atomic E-state index is 6.70. The molecule has 141 heavy (non-hydrogen) atoms. The van der Waals surface area contributed by atoms with Gasteiger partial charge < -0.3 is 83.8 Å². The predicted molar refractivity (Wildman–Crippen MR) is 543 cm³/mol. The first-order valence-electron chi connectivity index (χ1n) is 45.0. The van der Waals surface area contributed by atoms with Crippen LogP contribution in [0.4, 0.5) is 17.1 Å². The fourth-order valence-electron chi connectivity index (χ4n) is 19.9. The number of nitrogens with zero attached hydrogens (tertiary/aromatic N) is 12. The molecule has 0 N–H and O–H groups in total. The Labute approximate surface area is 845 Å². The second-order valence-corrected chi connectivity index (χ2v) is 34.4. The van der Waals surface area contributed by atoms with Crippen LogP contribution in [-0.2, 0) is 63.2 Å². The smallest absolute Gasteiger partial charge is 0.177 e. The van der Waals surface area contributed by atoms with Crippen LogP contribution in [0.3, 0.4) is 0 Å². The van der Waals surface area contributed by atoms with Crippen LogP contribution in [-0.4, -0.2) is 64.5 Å². The van der Waals surface area contributed by atoms with Crippen molar-refractivity contribution in [3.63, 3.8) is 0 Å². The first-order valence-corrected chi connectivity index (χ1v) is 45.0. The van der Waals surface area contributed by atoms with E-state index < -0.39 is 0 Å². The summed E-state index contributed by atoms with van der Waals surface area (Å²) in [4.78, 5) is 26.0. The summed E-state index contributed by atoms with van der Waals surface area (Å²) < 4.78 is 65.0. The summed E-state index contributed by atoms with van der Waals surface area (Å²) in [6, 6.07) is 119. The molecular weight excluding hydrogens is 2300 g/mol. The van der Waals surface area contributed by atoms with E-state index in [1.165, 1.54) is 0 Å². The third kappa shape index (κ3) is 14.2. The molecule has 690 valence electrons. The fourth-order valence-corrected chi connectivity index (χ4v) is 19.9. The standard InChI is InChI=1S/3C39H23N4O3.3Pt/c1-41-18-19-42(23-41)24-20-30-28-15-16-34-37(29-9-3-5-11-33(29)45-34)39(28)46-38(30)35(21-24)44-25-13-14-27-26-8-2-4-10-31(26)43(32(27)22-25)36-12-6-7-17-40-36;1-41-18-19-42(23-41)24-20-29-38-34(16-15-33-37(38)28-9-3-5-11-32(28)45-33)46-39(29)35(21-24)44-25-13-14-27-26-8-2-4-10-30(26)43(31(27)22-25)36-12-6-7-17-40-36;1-41-18-19-42(23-41)24-20-31-30-16-15-29-28-9-3-5-11-34(28)45-38(29)39(30)46-37(31)35(21-24)44-25-13-14-27-26-8-2-4-10-32(26)43(33(27)22-25)36-12-6-7-17-40-36;;;/h3*2-20,23H,1H3;;;/q3*-3;;;. The van der Waals surface area contributed by atoms with Gasteiger partial charge in [0, 0.05) is 159 Å². The molecule has 0 fully saturated rings. The quantitative estimate of drug-likeness (QED) is 0.105. The van der Waals surface area contributed by atoms with E-state index in [1.807, 2.05) is 278 Å². The molecule has 0 spiro atoms. The summed E-state index contributed by atoms with van der Waals surface area (Å²) in [5.74, 6) is 5.45. The van der Waals surface area contributed by atoms with Gasteiger partial charge in [-0.1, -0.05) is 166 Å².